The van der Waals surface area contributed by atoms with E-state index >= 15 is 0 Å². The number of alkyl halides is 3. The third-order valence-electron chi connectivity index (χ3n) is 1.42. The molecule has 0 atom stereocenters. The van der Waals surface area contributed by atoms with Gasteiger partial charge in [0.2, 0.25) is 5.91 Å². The molecule has 0 saturated heterocycles. The zero-order valence-corrected chi connectivity index (χ0v) is 7.76. The Morgan fingerprint density at radius 2 is 2.07 bits per heavy atom. The van der Waals surface area contributed by atoms with Crippen molar-refractivity contribution in [3.8, 4) is 0 Å². The van der Waals surface area contributed by atoms with Gasteiger partial charge in [0.15, 0.2) is 0 Å². The average Bonchev–Trinajstić information content (AvgIpc) is 2.01. The van der Waals surface area contributed by atoms with Gasteiger partial charge in [0.05, 0.1) is 13.2 Å². The number of carbonyl (C=O) groups excluding carboxylic acids is 1. The van der Waals surface area contributed by atoms with Gasteiger partial charge in [0.25, 0.3) is 0 Å². The minimum absolute atomic E-state index is 0.171. The summed E-state index contributed by atoms with van der Waals surface area (Å²) in [6.45, 7) is -2.28. The normalized spacial score (nSPS) is 11.5. The lowest BCUT2D eigenvalue weighted by Crippen LogP contribution is -2.44. The number of nitrogens with zero attached hydrogens (tertiary/aromatic N) is 1. The molecule has 0 aromatic heterocycles. The van der Waals surface area contributed by atoms with Crippen LogP contribution in [0.25, 0.3) is 0 Å². The number of aliphatic hydroxyl groups excluding tert-OH is 1. The number of carbonyl (C=O) groups is 1. The Kier molecular flexibility index (Phi) is 5.47. The molecule has 0 aliphatic rings. The van der Waals surface area contributed by atoms with Gasteiger partial charge in [-0.3, -0.25) is 4.79 Å². The molecule has 0 unspecified atom stereocenters. The highest BCUT2D eigenvalue weighted by Gasteiger charge is 2.32. The van der Waals surface area contributed by atoms with Crippen LogP contribution in [0.15, 0.2) is 0 Å². The van der Waals surface area contributed by atoms with E-state index in [0.29, 0.717) is 4.90 Å². The highest BCUT2D eigenvalue weighted by atomic mass is 19.4. The number of nitrogens with one attached hydrogen (secondary N) is 1. The first-order valence-electron chi connectivity index (χ1n) is 4.00. The molecular formula is C7H13F3N2O2. The topological polar surface area (TPSA) is 52.6 Å². The second kappa shape index (κ2) is 5.82. The van der Waals surface area contributed by atoms with Crippen molar-refractivity contribution >= 4 is 5.91 Å². The lowest BCUT2D eigenvalue weighted by molar-refractivity contribution is -0.161. The van der Waals surface area contributed by atoms with E-state index in [1.54, 1.807) is 0 Å². The molecule has 0 saturated carbocycles. The first-order chi connectivity index (χ1) is 6.40. The highest BCUT2D eigenvalue weighted by molar-refractivity contribution is 5.78. The Balaban J connectivity index is 4.21. The zero-order valence-electron chi connectivity index (χ0n) is 7.76. The van der Waals surface area contributed by atoms with Crippen LogP contribution in [0.4, 0.5) is 13.2 Å². The lowest BCUT2D eigenvalue weighted by Gasteiger charge is -2.22. The van der Waals surface area contributed by atoms with Crippen LogP contribution >= 0.6 is 0 Å². The average molecular weight is 214 g/mol. The van der Waals surface area contributed by atoms with Gasteiger partial charge in [0, 0.05) is 6.54 Å². The fourth-order valence-corrected chi connectivity index (χ4v) is 0.892. The van der Waals surface area contributed by atoms with Crippen LogP contribution < -0.4 is 5.32 Å². The summed E-state index contributed by atoms with van der Waals surface area (Å²) >= 11 is 0. The smallest absolute Gasteiger partial charge is 0.395 e. The van der Waals surface area contributed by atoms with E-state index in [1.165, 1.54) is 7.05 Å². The monoisotopic (exact) mass is 214 g/mol. The molecule has 2 N–H and O–H groups in total. The number of amides is 1. The van der Waals surface area contributed by atoms with Gasteiger partial charge in [-0.05, 0) is 7.05 Å². The van der Waals surface area contributed by atoms with Crippen molar-refractivity contribution < 1.29 is 23.1 Å². The van der Waals surface area contributed by atoms with Gasteiger partial charge in [-0.2, -0.15) is 13.2 Å². The standard InChI is InChI=1S/C7H13F3N2O2/c1-11-4-6(14)12(2-3-13)5-7(8,9)10/h11,13H,2-5H2,1H3. The van der Waals surface area contributed by atoms with Crippen LogP contribution in [0.5, 0.6) is 0 Å². The van der Waals surface area contributed by atoms with Crippen LogP contribution in [0, 0.1) is 0 Å². The van der Waals surface area contributed by atoms with Crippen molar-refractivity contribution in [2.75, 3.05) is 33.3 Å². The SMILES string of the molecule is CNCC(=O)N(CCO)CC(F)(F)F. The van der Waals surface area contributed by atoms with Crippen molar-refractivity contribution in [1.29, 1.82) is 0 Å². The van der Waals surface area contributed by atoms with Crippen LogP contribution in [0.3, 0.4) is 0 Å². The Labute approximate surface area is 79.7 Å². The van der Waals surface area contributed by atoms with Crippen LogP contribution in [-0.2, 0) is 4.79 Å². The molecule has 0 bridgehead atoms. The van der Waals surface area contributed by atoms with E-state index in [0.717, 1.165) is 0 Å². The molecule has 84 valence electrons. The third kappa shape index (κ3) is 5.76. The van der Waals surface area contributed by atoms with Gasteiger partial charge in [-0.25, -0.2) is 0 Å². The van der Waals surface area contributed by atoms with Crippen molar-refractivity contribution in [3.05, 3.63) is 0 Å². The number of hydrogen-bond donors (Lipinski definition) is 2. The number of likely N-dealkylation sites (N-methyl/N-ethyl adjacent to an activating group) is 1. The summed E-state index contributed by atoms with van der Waals surface area (Å²) in [5.41, 5.74) is 0. The largest absolute Gasteiger partial charge is 0.406 e. The van der Waals surface area contributed by atoms with Gasteiger partial charge in [-0.15, -0.1) is 0 Å². The van der Waals surface area contributed by atoms with Crippen LogP contribution in [0.1, 0.15) is 0 Å². The summed E-state index contributed by atoms with van der Waals surface area (Å²) in [5, 5.41) is 10.9. The van der Waals surface area contributed by atoms with Gasteiger partial charge in [-0.1, -0.05) is 0 Å². The summed E-state index contributed by atoms with van der Waals surface area (Å²) in [7, 11) is 1.46. The molecule has 4 nitrogen and oxygen atoms in total. The molecule has 0 aliphatic heterocycles. The fourth-order valence-electron chi connectivity index (χ4n) is 0.892. The second-order valence-electron chi connectivity index (χ2n) is 2.68. The summed E-state index contributed by atoms with van der Waals surface area (Å²) < 4.78 is 35.8. The second-order valence-corrected chi connectivity index (χ2v) is 2.68. The highest BCUT2D eigenvalue weighted by Crippen LogP contribution is 2.16. The van der Waals surface area contributed by atoms with Crippen molar-refractivity contribution in [1.82, 2.24) is 10.2 Å². The Morgan fingerprint density at radius 3 is 2.43 bits per heavy atom. The van der Waals surface area contributed by atoms with E-state index in [-0.39, 0.29) is 13.1 Å². The maximum Gasteiger partial charge on any atom is 0.406 e. The zero-order chi connectivity index (χ0) is 11.2. The minimum atomic E-state index is -4.43. The maximum atomic E-state index is 11.9. The fraction of sp³-hybridized carbons (Fsp3) is 0.857. The quantitative estimate of drug-likeness (QED) is 0.654. The molecule has 0 fully saturated rings. The van der Waals surface area contributed by atoms with E-state index < -0.39 is 25.2 Å². The summed E-state index contributed by atoms with van der Waals surface area (Å²) in [6.07, 6.45) is -4.43. The maximum absolute atomic E-state index is 11.9. The number of halogens is 3. The summed E-state index contributed by atoms with van der Waals surface area (Å²) in [5.74, 6) is -0.682. The Morgan fingerprint density at radius 1 is 1.50 bits per heavy atom. The van der Waals surface area contributed by atoms with Gasteiger partial charge >= 0.3 is 6.18 Å². The minimum Gasteiger partial charge on any atom is -0.395 e. The van der Waals surface area contributed by atoms with Gasteiger partial charge < -0.3 is 15.3 Å². The summed E-state index contributed by atoms with van der Waals surface area (Å²) in [4.78, 5) is 11.6. The molecule has 0 radical (unpaired) electrons. The predicted octanol–water partition coefficient (Wildman–Crippen LogP) is -0.411. The summed E-state index contributed by atoms with van der Waals surface area (Å²) in [6, 6.07) is 0. The van der Waals surface area contributed by atoms with E-state index in [2.05, 4.69) is 5.32 Å². The predicted molar refractivity (Wildman–Crippen MR) is 43.6 cm³/mol. The van der Waals surface area contributed by atoms with Crippen LogP contribution in [-0.4, -0.2) is 55.4 Å². The molecule has 0 rings (SSSR count). The van der Waals surface area contributed by atoms with E-state index in [9.17, 15) is 18.0 Å². The first-order valence-corrected chi connectivity index (χ1v) is 4.00. The van der Waals surface area contributed by atoms with Crippen molar-refractivity contribution in [3.63, 3.8) is 0 Å². The molecule has 0 heterocycles. The molecule has 0 aromatic carbocycles. The molecule has 0 aliphatic carbocycles. The van der Waals surface area contributed by atoms with Gasteiger partial charge in [0.1, 0.15) is 6.54 Å². The molecular weight excluding hydrogens is 201 g/mol. The van der Waals surface area contributed by atoms with Crippen molar-refractivity contribution in [2.24, 2.45) is 0 Å². The Hall–Kier alpha value is -0.820. The third-order valence-corrected chi connectivity index (χ3v) is 1.42. The molecule has 0 aromatic rings. The van der Waals surface area contributed by atoms with Crippen molar-refractivity contribution in [2.45, 2.75) is 6.18 Å². The first kappa shape index (κ1) is 13.2. The lowest BCUT2D eigenvalue weighted by atomic mass is 10.4. The molecule has 7 heteroatoms. The molecule has 1 amide bonds. The number of aliphatic hydroxyl groups is 1. The number of rotatable bonds is 5. The van der Waals surface area contributed by atoms with E-state index in [1.807, 2.05) is 0 Å². The Bertz CT molecular complexity index is 184. The molecule has 14 heavy (non-hydrogen) atoms. The number of hydrogen-bond acceptors (Lipinski definition) is 3. The van der Waals surface area contributed by atoms with Crippen LogP contribution in [0.2, 0.25) is 0 Å². The van der Waals surface area contributed by atoms with E-state index in [4.69, 9.17) is 5.11 Å². The molecule has 0 spiro atoms.